The normalized spacial score (nSPS) is 16.5. The lowest BCUT2D eigenvalue weighted by Gasteiger charge is -2.14. The first-order valence-corrected chi connectivity index (χ1v) is 24.5. The molecule has 4 aromatic heterocycles. The van der Waals surface area contributed by atoms with Gasteiger partial charge in [0, 0.05) is 56.5 Å². The summed E-state index contributed by atoms with van der Waals surface area (Å²) < 4.78 is 41.8. The zero-order valence-electron chi connectivity index (χ0n) is 40.4. The summed E-state index contributed by atoms with van der Waals surface area (Å²) in [5.74, 6) is -4.27. The van der Waals surface area contributed by atoms with Crippen molar-refractivity contribution < 1.29 is 56.9 Å². The standard InChI is InChI=1S/C25H22ClFN6O6.C25H24ClFN6O4/c26-15-1-4-17(27)18(9-15)30-19-10-20(29-16-2-3-16)33-24(31-19)14(11-28-33)7-13-8-21(34)32(25(13)38)12-39-23(37)6-5-22(35)36;1-13(2)25(36)37-12-32-22(34)8-14(24(32)35)7-15-11-28-33-21(29-17-4-5-17)10-20(31-23(15)33)30-19-9-16(26)3-6-18(19)27/h1,4,7,9-11,16,29H,2-3,5-6,8,12H2,(H,30,31)(H,35,36);3,6-7,9-11,13,17,29H,4-5,8,12H2,1-2H3,(H,30,31)/b13-7+;14-7+. The van der Waals surface area contributed by atoms with Crippen molar-refractivity contribution in [3.8, 4) is 0 Å². The summed E-state index contributed by atoms with van der Waals surface area (Å²) >= 11 is 12.0. The van der Waals surface area contributed by atoms with Crippen molar-refractivity contribution in [2.75, 3.05) is 34.7 Å². The van der Waals surface area contributed by atoms with Crippen LogP contribution in [0.2, 0.25) is 10.0 Å². The van der Waals surface area contributed by atoms with E-state index in [0.29, 0.717) is 61.8 Å². The first-order valence-electron chi connectivity index (χ1n) is 23.8. The van der Waals surface area contributed by atoms with Gasteiger partial charge in [0.15, 0.2) is 24.8 Å². The summed E-state index contributed by atoms with van der Waals surface area (Å²) in [7, 11) is 0. The first kappa shape index (κ1) is 52.4. The van der Waals surface area contributed by atoms with Crippen molar-refractivity contribution in [3.63, 3.8) is 0 Å². The number of benzene rings is 2. The molecule has 26 heteroatoms. The molecule has 0 unspecified atom stereocenters. The smallest absolute Gasteiger partial charge is 0.310 e. The van der Waals surface area contributed by atoms with E-state index in [1.54, 1.807) is 41.1 Å². The van der Waals surface area contributed by atoms with E-state index in [-0.39, 0.29) is 53.7 Å². The fraction of sp³-hybridized carbons (Fsp3) is 0.300. The number of carbonyl (C=O) groups is 7. The summed E-state index contributed by atoms with van der Waals surface area (Å²) in [6.07, 6.45) is 8.87. The van der Waals surface area contributed by atoms with Crippen LogP contribution < -0.4 is 21.3 Å². The van der Waals surface area contributed by atoms with Gasteiger partial charge in [-0.15, -0.1) is 0 Å². The number of halogens is 4. The van der Waals surface area contributed by atoms with Gasteiger partial charge in [-0.05, 0) is 74.2 Å². The molecular formula is C50H46Cl2F2N12O10. The van der Waals surface area contributed by atoms with E-state index < -0.39 is 73.1 Å². The molecule has 2 saturated heterocycles. The Bertz CT molecular complexity index is 3430. The molecule has 5 N–H and O–H groups in total. The minimum Gasteiger partial charge on any atom is -0.481 e. The highest BCUT2D eigenvalue weighted by atomic mass is 35.5. The zero-order valence-corrected chi connectivity index (χ0v) is 42.0. The van der Waals surface area contributed by atoms with Crippen LogP contribution in [0.25, 0.3) is 23.4 Å². The number of aliphatic carboxylic acids is 1. The number of fused-ring (bicyclic) bond motifs is 2. The van der Waals surface area contributed by atoms with Gasteiger partial charge in [0.2, 0.25) is 11.8 Å². The minimum absolute atomic E-state index is 0.126. The van der Waals surface area contributed by atoms with E-state index in [9.17, 15) is 42.3 Å². The van der Waals surface area contributed by atoms with E-state index in [4.69, 9.17) is 37.8 Å². The maximum Gasteiger partial charge on any atom is 0.310 e. The number of anilines is 6. The zero-order chi connectivity index (χ0) is 53.9. The highest BCUT2D eigenvalue weighted by Gasteiger charge is 2.36. The molecule has 4 amide bonds. The molecule has 22 nitrogen and oxygen atoms in total. The Balaban J connectivity index is 0.000000186. The number of rotatable bonds is 18. The number of likely N-dealkylation sites (tertiary alicyclic amines) is 2. The number of carboxylic acids is 1. The molecule has 4 aliphatic rings. The van der Waals surface area contributed by atoms with Gasteiger partial charge >= 0.3 is 17.9 Å². The molecule has 394 valence electrons. The predicted octanol–water partition coefficient (Wildman–Crippen LogP) is 7.49. The number of carbonyl (C=O) groups excluding carboxylic acids is 6. The fourth-order valence-electron chi connectivity index (χ4n) is 7.65. The van der Waals surface area contributed by atoms with Gasteiger partial charge in [0.05, 0.1) is 55.4 Å². The molecule has 2 aromatic carbocycles. The van der Waals surface area contributed by atoms with E-state index in [1.807, 2.05) is 0 Å². The molecule has 6 aromatic rings. The van der Waals surface area contributed by atoms with E-state index in [0.717, 1.165) is 35.5 Å². The van der Waals surface area contributed by atoms with Crippen molar-refractivity contribution in [1.82, 2.24) is 39.0 Å². The lowest BCUT2D eigenvalue weighted by molar-refractivity contribution is -0.159. The molecule has 2 aliphatic heterocycles. The number of hydrogen-bond acceptors (Lipinski definition) is 17. The van der Waals surface area contributed by atoms with Crippen LogP contribution in [-0.4, -0.2) is 111 Å². The van der Waals surface area contributed by atoms with Crippen molar-refractivity contribution in [3.05, 3.63) is 105 Å². The molecule has 0 atom stereocenters. The Morgan fingerprint density at radius 1 is 0.697 bits per heavy atom. The van der Waals surface area contributed by atoms with Crippen LogP contribution in [0.1, 0.15) is 76.3 Å². The average Bonchev–Trinajstić information content (AvgIpc) is 4.27. The maximum atomic E-state index is 14.4. The molecule has 4 fully saturated rings. The van der Waals surface area contributed by atoms with Crippen LogP contribution in [0.15, 0.2) is 72.1 Å². The number of aromatic nitrogens is 6. The Kier molecular flexibility index (Phi) is 15.3. The average molecular weight is 1080 g/mol. The second kappa shape index (κ2) is 22.1. The molecule has 10 rings (SSSR count). The van der Waals surface area contributed by atoms with Crippen molar-refractivity contribution >= 4 is 123 Å². The van der Waals surface area contributed by atoms with Gasteiger partial charge in [0.1, 0.15) is 34.9 Å². The minimum atomic E-state index is -1.17. The fourth-order valence-corrected chi connectivity index (χ4v) is 7.99. The van der Waals surface area contributed by atoms with Crippen LogP contribution in [-0.2, 0) is 43.0 Å². The van der Waals surface area contributed by atoms with Gasteiger partial charge in [-0.25, -0.2) is 28.5 Å². The van der Waals surface area contributed by atoms with Crippen molar-refractivity contribution in [2.45, 2.75) is 77.3 Å². The van der Waals surface area contributed by atoms with E-state index in [1.165, 1.54) is 54.9 Å². The van der Waals surface area contributed by atoms with Gasteiger partial charge < -0.3 is 35.8 Å². The second-order valence-corrected chi connectivity index (χ2v) is 19.2. The number of esters is 2. The van der Waals surface area contributed by atoms with Crippen LogP contribution in [0.4, 0.5) is 43.4 Å². The number of hydrogen-bond donors (Lipinski definition) is 5. The first-order chi connectivity index (χ1) is 36.4. The van der Waals surface area contributed by atoms with Crippen molar-refractivity contribution in [1.29, 1.82) is 0 Å². The van der Waals surface area contributed by atoms with Crippen LogP contribution in [0.3, 0.4) is 0 Å². The molecule has 2 aliphatic carbocycles. The quantitative estimate of drug-likeness (QED) is 0.0317. The van der Waals surface area contributed by atoms with Gasteiger partial charge in [-0.1, -0.05) is 37.0 Å². The maximum absolute atomic E-state index is 14.4. The summed E-state index contributed by atoms with van der Waals surface area (Å²) in [5, 5.41) is 30.8. The molecule has 6 heterocycles. The molecule has 0 radical (unpaired) electrons. The van der Waals surface area contributed by atoms with E-state index >= 15 is 0 Å². The number of imide groups is 2. The number of amides is 4. The summed E-state index contributed by atoms with van der Waals surface area (Å²) in [6, 6.07) is 12.2. The predicted molar refractivity (Wildman–Crippen MR) is 271 cm³/mol. The van der Waals surface area contributed by atoms with Crippen LogP contribution >= 0.6 is 23.2 Å². The van der Waals surface area contributed by atoms with E-state index in [2.05, 4.69) is 41.4 Å². The molecular weight excluding hydrogens is 1040 g/mol. The number of ether oxygens (including phenoxy) is 2. The number of carboxylic acid groups (broad SMARTS) is 1. The summed E-state index contributed by atoms with van der Waals surface area (Å²) in [4.78, 5) is 95.5. The van der Waals surface area contributed by atoms with Gasteiger partial charge in [0.25, 0.3) is 11.8 Å². The SMILES string of the molecule is CC(C)C(=O)OCN1C(=O)C/C(=C\c2cnn3c(NC4CC4)cc(Nc4cc(Cl)ccc4F)nc23)C1=O.O=C(O)CCC(=O)OCN1C(=O)C/C(=C\c2cnn3c(NC4CC4)cc(Nc4cc(Cl)ccc4F)nc23)C1=O. The second-order valence-electron chi connectivity index (χ2n) is 18.3. The monoisotopic (exact) mass is 1080 g/mol. The van der Waals surface area contributed by atoms with Crippen LogP contribution in [0, 0.1) is 17.6 Å². The lowest BCUT2D eigenvalue weighted by atomic mass is 10.1. The number of nitrogens with one attached hydrogen (secondary N) is 4. The largest absolute Gasteiger partial charge is 0.481 e. The van der Waals surface area contributed by atoms with Crippen molar-refractivity contribution in [2.24, 2.45) is 5.92 Å². The van der Waals surface area contributed by atoms with Gasteiger partial charge in [-0.2, -0.15) is 19.2 Å². The molecule has 0 bridgehead atoms. The molecule has 0 spiro atoms. The Morgan fingerprint density at radius 3 is 1.57 bits per heavy atom. The molecule has 2 saturated carbocycles. The highest BCUT2D eigenvalue weighted by Crippen LogP contribution is 2.33. The topological polar surface area (TPSA) is 273 Å². The summed E-state index contributed by atoms with van der Waals surface area (Å²) in [5.41, 5.74) is 2.30. The third kappa shape index (κ3) is 12.4. The summed E-state index contributed by atoms with van der Waals surface area (Å²) in [6.45, 7) is 2.27. The Hall–Kier alpha value is -8.51. The number of nitrogens with zero attached hydrogens (tertiary/aromatic N) is 8. The Morgan fingerprint density at radius 2 is 1.14 bits per heavy atom. The third-order valence-electron chi connectivity index (χ3n) is 11.9. The highest BCUT2D eigenvalue weighted by molar-refractivity contribution is 6.31. The van der Waals surface area contributed by atoms with Gasteiger partial charge in [-0.3, -0.25) is 33.6 Å². The van der Waals surface area contributed by atoms with Crippen LogP contribution in [0.5, 0.6) is 0 Å². The third-order valence-corrected chi connectivity index (χ3v) is 12.4. The molecule has 76 heavy (non-hydrogen) atoms. The Labute approximate surface area is 440 Å². The lowest BCUT2D eigenvalue weighted by Crippen LogP contribution is -2.33.